The van der Waals surface area contributed by atoms with Gasteiger partial charge in [0.25, 0.3) is 5.95 Å². The van der Waals surface area contributed by atoms with E-state index in [1.165, 1.54) is 4.80 Å². The summed E-state index contributed by atoms with van der Waals surface area (Å²) in [5, 5.41) is 17.4. The first-order valence-corrected chi connectivity index (χ1v) is 7.30. The highest BCUT2D eigenvalue weighted by atomic mass is 32.1. The molecule has 0 fully saturated rings. The lowest BCUT2D eigenvalue weighted by molar-refractivity contribution is -0.119. The lowest BCUT2D eigenvalue weighted by Crippen LogP contribution is -2.34. The third kappa shape index (κ3) is 6.55. The van der Waals surface area contributed by atoms with Crippen LogP contribution in [0.3, 0.4) is 0 Å². The van der Waals surface area contributed by atoms with Crippen LogP contribution in [0.1, 0.15) is 46.5 Å². The minimum atomic E-state index is -0.0921. The van der Waals surface area contributed by atoms with Gasteiger partial charge in [-0.25, -0.2) is 0 Å². The average molecular weight is 298 g/mol. The van der Waals surface area contributed by atoms with Crippen molar-refractivity contribution in [2.45, 2.75) is 53.0 Å². The molecule has 20 heavy (non-hydrogen) atoms. The fraction of sp³-hybridized carbons (Fsp3) is 0.750. The Labute approximate surface area is 124 Å². The number of rotatable bonds is 7. The molecule has 1 aromatic heterocycles. The lowest BCUT2D eigenvalue weighted by Gasteiger charge is -2.06. The third-order valence-electron chi connectivity index (χ3n) is 2.47. The zero-order valence-corrected chi connectivity index (χ0v) is 13.0. The average Bonchev–Trinajstić information content (AvgIpc) is 2.75. The molecule has 0 unspecified atom stereocenters. The van der Waals surface area contributed by atoms with Crippen molar-refractivity contribution in [1.82, 2.24) is 25.5 Å². The summed E-state index contributed by atoms with van der Waals surface area (Å²) in [5.74, 6) is 0.636. The predicted molar refractivity (Wildman–Crippen MR) is 81.2 cm³/mol. The number of nitrogens with zero attached hydrogens (tertiary/aromatic N) is 4. The maximum absolute atomic E-state index is 11.6. The smallest absolute Gasteiger partial charge is 0.269 e. The molecule has 1 rings (SSSR count). The van der Waals surface area contributed by atoms with Gasteiger partial charge in [0.2, 0.25) is 5.91 Å². The highest BCUT2D eigenvalue weighted by Gasteiger charge is 2.08. The van der Waals surface area contributed by atoms with Crippen LogP contribution < -0.4 is 10.6 Å². The fourth-order valence-electron chi connectivity index (χ4n) is 1.55. The van der Waals surface area contributed by atoms with E-state index in [4.69, 9.17) is 12.2 Å². The summed E-state index contributed by atoms with van der Waals surface area (Å²) in [7, 11) is 0. The molecule has 0 aromatic carbocycles. The summed E-state index contributed by atoms with van der Waals surface area (Å²) in [6.07, 6.45) is 3.47. The molecule has 0 bridgehead atoms. The summed E-state index contributed by atoms with van der Waals surface area (Å²) in [4.78, 5) is 13.1. The van der Waals surface area contributed by atoms with E-state index >= 15 is 0 Å². The van der Waals surface area contributed by atoms with Crippen LogP contribution >= 0.6 is 12.2 Å². The second-order valence-corrected chi connectivity index (χ2v) is 5.43. The Morgan fingerprint density at radius 2 is 2.15 bits per heavy atom. The van der Waals surface area contributed by atoms with Gasteiger partial charge in [0, 0.05) is 6.42 Å². The molecule has 0 aliphatic heterocycles. The van der Waals surface area contributed by atoms with Gasteiger partial charge in [-0.2, -0.15) is 4.80 Å². The summed E-state index contributed by atoms with van der Waals surface area (Å²) in [6, 6.07) is 0. The Morgan fingerprint density at radius 1 is 1.40 bits per heavy atom. The number of carbonyl (C=O) groups excluding carboxylic acids is 1. The van der Waals surface area contributed by atoms with E-state index in [1.807, 2.05) is 0 Å². The van der Waals surface area contributed by atoms with Gasteiger partial charge in [-0.05, 0) is 29.8 Å². The number of anilines is 1. The van der Waals surface area contributed by atoms with Crippen LogP contribution in [0.15, 0.2) is 0 Å². The van der Waals surface area contributed by atoms with E-state index in [-0.39, 0.29) is 11.0 Å². The van der Waals surface area contributed by atoms with Crippen molar-refractivity contribution in [3.63, 3.8) is 0 Å². The van der Waals surface area contributed by atoms with E-state index in [1.54, 1.807) is 0 Å². The van der Waals surface area contributed by atoms with Crippen molar-refractivity contribution >= 4 is 29.2 Å². The van der Waals surface area contributed by atoms with Crippen LogP contribution in [0.2, 0.25) is 0 Å². The van der Waals surface area contributed by atoms with Gasteiger partial charge in [-0.3, -0.25) is 10.1 Å². The highest BCUT2D eigenvalue weighted by Crippen LogP contribution is 2.00. The number of tetrazole rings is 1. The van der Waals surface area contributed by atoms with Gasteiger partial charge in [0.15, 0.2) is 5.11 Å². The quantitative estimate of drug-likeness (QED) is 0.589. The van der Waals surface area contributed by atoms with Gasteiger partial charge in [0.1, 0.15) is 0 Å². The summed E-state index contributed by atoms with van der Waals surface area (Å²) >= 11 is 5.03. The van der Waals surface area contributed by atoms with Crippen LogP contribution in [-0.4, -0.2) is 31.2 Å². The van der Waals surface area contributed by atoms with E-state index in [0.717, 1.165) is 19.3 Å². The molecular weight excluding hydrogens is 276 g/mol. The molecule has 0 saturated carbocycles. The minimum absolute atomic E-state index is 0.0921. The monoisotopic (exact) mass is 298 g/mol. The summed E-state index contributed by atoms with van der Waals surface area (Å²) in [6.45, 7) is 6.91. The lowest BCUT2D eigenvalue weighted by atomic mass is 10.2. The number of unbranched alkanes of at least 4 members (excludes halogenated alkanes) is 2. The molecule has 2 N–H and O–H groups in total. The first-order valence-electron chi connectivity index (χ1n) is 6.90. The number of hydrogen-bond acceptors (Lipinski definition) is 5. The van der Waals surface area contributed by atoms with E-state index in [2.05, 4.69) is 46.8 Å². The van der Waals surface area contributed by atoms with Crippen molar-refractivity contribution in [3.8, 4) is 0 Å². The van der Waals surface area contributed by atoms with E-state index in [0.29, 0.717) is 24.8 Å². The maximum Gasteiger partial charge on any atom is 0.269 e. The molecule has 0 aliphatic carbocycles. The number of carbonyl (C=O) groups is 1. The van der Waals surface area contributed by atoms with Crippen molar-refractivity contribution in [1.29, 1.82) is 0 Å². The standard InChI is InChI=1S/C12H22N6OS/c1-4-5-6-7-10(19)13-12(20)14-11-15-17-18(16-11)8-9(2)3/h9H,4-8H2,1-3H3,(H2,13,14,16,19,20). The largest absolute Gasteiger partial charge is 0.303 e. The van der Waals surface area contributed by atoms with Gasteiger partial charge in [-0.1, -0.05) is 38.7 Å². The summed E-state index contributed by atoms with van der Waals surface area (Å²) < 4.78 is 0. The zero-order chi connectivity index (χ0) is 15.0. The van der Waals surface area contributed by atoms with Crippen LogP contribution in [0.5, 0.6) is 0 Å². The molecule has 0 atom stereocenters. The topological polar surface area (TPSA) is 84.7 Å². The van der Waals surface area contributed by atoms with Gasteiger partial charge < -0.3 is 5.32 Å². The number of aromatic nitrogens is 4. The first-order chi connectivity index (χ1) is 9.51. The normalized spacial score (nSPS) is 10.6. The SMILES string of the molecule is CCCCCC(=O)NC(=S)Nc1nnn(CC(C)C)n1. The van der Waals surface area contributed by atoms with Crippen LogP contribution in [0, 0.1) is 5.92 Å². The number of amides is 1. The van der Waals surface area contributed by atoms with Crippen molar-refractivity contribution < 1.29 is 4.79 Å². The minimum Gasteiger partial charge on any atom is -0.303 e. The Balaban J connectivity index is 2.34. The Hall–Kier alpha value is -1.57. The zero-order valence-electron chi connectivity index (χ0n) is 12.2. The molecule has 8 heteroatoms. The molecule has 0 radical (unpaired) electrons. The van der Waals surface area contributed by atoms with Gasteiger partial charge >= 0.3 is 0 Å². The van der Waals surface area contributed by atoms with Gasteiger partial charge in [-0.15, -0.1) is 5.10 Å². The molecule has 112 valence electrons. The van der Waals surface area contributed by atoms with Crippen molar-refractivity contribution in [2.24, 2.45) is 5.92 Å². The molecule has 0 saturated heterocycles. The Kier molecular flexibility index (Phi) is 7.06. The highest BCUT2D eigenvalue weighted by molar-refractivity contribution is 7.80. The third-order valence-corrected chi connectivity index (χ3v) is 2.67. The molecular formula is C12H22N6OS. The molecule has 0 aliphatic rings. The maximum atomic E-state index is 11.6. The van der Waals surface area contributed by atoms with Crippen LogP contribution in [0.4, 0.5) is 5.95 Å². The van der Waals surface area contributed by atoms with E-state index < -0.39 is 0 Å². The molecule has 7 nitrogen and oxygen atoms in total. The summed E-state index contributed by atoms with van der Waals surface area (Å²) in [5.41, 5.74) is 0. The fourth-order valence-corrected chi connectivity index (χ4v) is 1.76. The molecule has 0 spiro atoms. The Bertz CT molecular complexity index is 445. The molecule has 1 heterocycles. The van der Waals surface area contributed by atoms with E-state index in [9.17, 15) is 4.79 Å². The molecule has 1 amide bonds. The number of hydrogen-bond donors (Lipinski definition) is 2. The van der Waals surface area contributed by atoms with Crippen LogP contribution in [-0.2, 0) is 11.3 Å². The predicted octanol–water partition coefficient (Wildman–Crippen LogP) is 1.72. The van der Waals surface area contributed by atoms with Crippen molar-refractivity contribution in [2.75, 3.05) is 5.32 Å². The Morgan fingerprint density at radius 3 is 2.80 bits per heavy atom. The number of thiocarbonyl (C=S) groups is 1. The second-order valence-electron chi connectivity index (χ2n) is 5.02. The van der Waals surface area contributed by atoms with Gasteiger partial charge in [0.05, 0.1) is 6.54 Å². The van der Waals surface area contributed by atoms with Crippen molar-refractivity contribution in [3.05, 3.63) is 0 Å². The number of nitrogens with one attached hydrogen (secondary N) is 2. The molecule has 1 aromatic rings. The second kappa shape index (κ2) is 8.57. The first kappa shape index (κ1) is 16.5. The van der Waals surface area contributed by atoms with Crippen LogP contribution in [0.25, 0.3) is 0 Å².